The van der Waals surface area contributed by atoms with Crippen LogP contribution < -0.4 is 5.32 Å². The Labute approximate surface area is 109 Å². The lowest BCUT2D eigenvalue weighted by Gasteiger charge is -2.21. The normalized spacial score (nSPS) is 21.8. The maximum Gasteiger partial charge on any atom is 0.237 e. The summed E-state index contributed by atoms with van der Waals surface area (Å²) in [6.45, 7) is 3.10. The van der Waals surface area contributed by atoms with Gasteiger partial charge in [-0.25, -0.2) is 0 Å². The lowest BCUT2D eigenvalue weighted by molar-refractivity contribution is -0.125. The van der Waals surface area contributed by atoms with Crippen LogP contribution in [0.1, 0.15) is 25.3 Å². The Morgan fingerprint density at radius 3 is 2.78 bits per heavy atom. The highest BCUT2D eigenvalue weighted by Crippen LogP contribution is 2.15. The monoisotopic (exact) mass is 246 g/mol. The summed E-state index contributed by atoms with van der Waals surface area (Å²) in [5.41, 5.74) is 1.27. The van der Waals surface area contributed by atoms with Gasteiger partial charge in [0.1, 0.15) is 0 Å². The number of likely N-dealkylation sites (tertiary alicyclic amines) is 1. The Kier molecular flexibility index (Phi) is 4.37. The highest BCUT2D eigenvalue weighted by Gasteiger charge is 2.28. The number of carbonyl (C=O) groups excluding carboxylic acids is 1. The molecule has 0 radical (unpaired) electrons. The summed E-state index contributed by atoms with van der Waals surface area (Å²) in [5, 5.41) is 3.12. The summed E-state index contributed by atoms with van der Waals surface area (Å²) in [7, 11) is 2.03. The molecule has 3 nitrogen and oxygen atoms in total. The largest absolute Gasteiger partial charge is 0.352 e. The van der Waals surface area contributed by atoms with Gasteiger partial charge in [-0.15, -0.1) is 0 Å². The Morgan fingerprint density at radius 1 is 1.44 bits per heavy atom. The summed E-state index contributed by atoms with van der Waals surface area (Å²) in [4.78, 5) is 14.2. The Balaban J connectivity index is 1.84. The summed E-state index contributed by atoms with van der Waals surface area (Å²) in [6, 6.07) is 10.6. The molecule has 1 aliphatic heterocycles. The van der Waals surface area contributed by atoms with Crippen LogP contribution in [0.3, 0.4) is 0 Å². The maximum atomic E-state index is 12.1. The van der Waals surface area contributed by atoms with Crippen LogP contribution >= 0.6 is 0 Å². The fourth-order valence-corrected chi connectivity index (χ4v) is 2.60. The zero-order valence-electron chi connectivity index (χ0n) is 11.2. The van der Waals surface area contributed by atoms with Gasteiger partial charge in [0.15, 0.2) is 0 Å². The lowest BCUT2D eigenvalue weighted by atomic mass is 10.1. The fraction of sp³-hybridized carbons (Fsp3) is 0.533. The average Bonchev–Trinajstić information content (AvgIpc) is 2.76. The number of nitrogens with one attached hydrogen (secondary N) is 1. The number of carbonyl (C=O) groups is 1. The van der Waals surface area contributed by atoms with E-state index in [1.165, 1.54) is 5.56 Å². The molecule has 1 saturated heterocycles. The molecule has 0 aromatic heterocycles. The molecule has 1 N–H and O–H groups in total. The molecule has 18 heavy (non-hydrogen) atoms. The van der Waals surface area contributed by atoms with Gasteiger partial charge in [0.25, 0.3) is 0 Å². The molecule has 2 rings (SSSR count). The van der Waals surface area contributed by atoms with Gasteiger partial charge in [0, 0.05) is 6.04 Å². The van der Waals surface area contributed by atoms with E-state index in [1.807, 2.05) is 25.2 Å². The quantitative estimate of drug-likeness (QED) is 0.879. The van der Waals surface area contributed by atoms with Crippen LogP contribution in [0.5, 0.6) is 0 Å². The van der Waals surface area contributed by atoms with Gasteiger partial charge in [-0.3, -0.25) is 9.69 Å². The highest BCUT2D eigenvalue weighted by molar-refractivity contribution is 5.82. The standard InChI is InChI=1S/C15H22N2O/c1-12(11-13-7-4-3-5-8-13)16-15(18)14-9-6-10-17(14)2/h3-5,7-8,12,14H,6,9-11H2,1-2H3,(H,16,18). The smallest absolute Gasteiger partial charge is 0.237 e. The number of hydrogen-bond donors (Lipinski definition) is 1. The number of likely N-dealkylation sites (N-methyl/N-ethyl adjacent to an activating group) is 1. The molecule has 0 aliphatic carbocycles. The van der Waals surface area contributed by atoms with Gasteiger partial charge >= 0.3 is 0 Å². The molecule has 3 heteroatoms. The topological polar surface area (TPSA) is 32.3 Å². The van der Waals surface area contributed by atoms with Crippen LogP contribution in [-0.2, 0) is 11.2 Å². The number of amides is 1. The van der Waals surface area contributed by atoms with E-state index in [9.17, 15) is 4.79 Å². The third kappa shape index (κ3) is 3.33. The average molecular weight is 246 g/mol. The van der Waals surface area contributed by atoms with Gasteiger partial charge in [-0.1, -0.05) is 30.3 Å². The molecule has 2 unspecified atom stereocenters. The van der Waals surface area contributed by atoms with Crippen molar-refractivity contribution in [3.8, 4) is 0 Å². The van der Waals surface area contributed by atoms with Crippen LogP contribution in [0.2, 0.25) is 0 Å². The van der Waals surface area contributed by atoms with Crippen LogP contribution in [0.4, 0.5) is 0 Å². The first kappa shape index (κ1) is 13.1. The van der Waals surface area contributed by atoms with E-state index < -0.39 is 0 Å². The number of benzene rings is 1. The highest BCUT2D eigenvalue weighted by atomic mass is 16.2. The molecule has 2 atom stereocenters. The van der Waals surface area contributed by atoms with Crippen molar-refractivity contribution < 1.29 is 4.79 Å². The Hall–Kier alpha value is -1.35. The minimum Gasteiger partial charge on any atom is -0.352 e. The molecule has 1 aliphatic rings. The van der Waals surface area contributed by atoms with Crippen molar-refractivity contribution in [2.24, 2.45) is 0 Å². The minimum atomic E-state index is 0.0724. The van der Waals surface area contributed by atoms with Gasteiger partial charge in [-0.2, -0.15) is 0 Å². The molecule has 1 aromatic carbocycles. The molecular formula is C15H22N2O. The summed E-state index contributed by atoms with van der Waals surface area (Å²) < 4.78 is 0. The molecule has 0 saturated carbocycles. The zero-order chi connectivity index (χ0) is 13.0. The van der Waals surface area contributed by atoms with E-state index in [-0.39, 0.29) is 18.0 Å². The molecular weight excluding hydrogens is 224 g/mol. The van der Waals surface area contributed by atoms with E-state index in [1.54, 1.807) is 0 Å². The third-order valence-electron chi connectivity index (χ3n) is 3.60. The fourth-order valence-electron chi connectivity index (χ4n) is 2.60. The number of hydrogen-bond acceptors (Lipinski definition) is 2. The molecule has 98 valence electrons. The van der Waals surface area contributed by atoms with E-state index in [0.29, 0.717) is 0 Å². The molecule has 1 heterocycles. The molecule has 1 aromatic rings. The second kappa shape index (κ2) is 6.01. The van der Waals surface area contributed by atoms with E-state index >= 15 is 0 Å². The van der Waals surface area contributed by atoms with Gasteiger partial charge in [0.2, 0.25) is 5.91 Å². The number of nitrogens with zero attached hydrogens (tertiary/aromatic N) is 1. The first-order valence-corrected chi connectivity index (χ1v) is 6.71. The Bertz CT molecular complexity index is 391. The van der Waals surface area contributed by atoms with Gasteiger partial charge in [-0.05, 0) is 45.3 Å². The van der Waals surface area contributed by atoms with Crippen LogP contribution in [-0.4, -0.2) is 36.5 Å². The van der Waals surface area contributed by atoms with Crippen LogP contribution in [0.25, 0.3) is 0 Å². The van der Waals surface area contributed by atoms with Crippen LogP contribution in [0, 0.1) is 0 Å². The van der Waals surface area contributed by atoms with E-state index in [4.69, 9.17) is 0 Å². The van der Waals surface area contributed by atoms with Crippen molar-refractivity contribution in [1.29, 1.82) is 0 Å². The minimum absolute atomic E-state index is 0.0724. The predicted molar refractivity (Wildman–Crippen MR) is 73.4 cm³/mol. The lowest BCUT2D eigenvalue weighted by Crippen LogP contribution is -2.45. The maximum absolute atomic E-state index is 12.1. The van der Waals surface area contributed by atoms with Crippen LogP contribution in [0.15, 0.2) is 30.3 Å². The number of rotatable bonds is 4. The van der Waals surface area contributed by atoms with Gasteiger partial charge < -0.3 is 5.32 Å². The molecule has 1 fully saturated rings. The molecule has 0 spiro atoms. The van der Waals surface area contributed by atoms with Gasteiger partial charge in [0.05, 0.1) is 6.04 Å². The Morgan fingerprint density at radius 2 is 2.17 bits per heavy atom. The SMILES string of the molecule is CC(Cc1ccccc1)NC(=O)C1CCCN1C. The summed E-state index contributed by atoms with van der Waals surface area (Å²) in [6.07, 6.45) is 3.01. The summed E-state index contributed by atoms with van der Waals surface area (Å²) in [5.74, 6) is 0.179. The zero-order valence-corrected chi connectivity index (χ0v) is 11.2. The predicted octanol–water partition coefficient (Wildman–Crippen LogP) is 1.83. The molecule has 1 amide bonds. The first-order chi connectivity index (χ1) is 8.66. The van der Waals surface area contributed by atoms with E-state index in [2.05, 4.69) is 29.3 Å². The van der Waals surface area contributed by atoms with Crippen molar-refractivity contribution in [3.05, 3.63) is 35.9 Å². The molecule has 0 bridgehead atoms. The van der Waals surface area contributed by atoms with Crippen molar-refractivity contribution in [2.45, 2.75) is 38.3 Å². The van der Waals surface area contributed by atoms with Crippen molar-refractivity contribution in [1.82, 2.24) is 10.2 Å². The van der Waals surface area contributed by atoms with Crippen molar-refractivity contribution >= 4 is 5.91 Å². The second-order valence-electron chi connectivity index (χ2n) is 5.24. The summed E-state index contributed by atoms with van der Waals surface area (Å²) >= 11 is 0. The van der Waals surface area contributed by atoms with E-state index in [0.717, 1.165) is 25.8 Å². The van der Waals surface area contributed by atoms with Crippen molar-refractivity contribution in [3.63, 3.8) is 0 Å². The first-order valence-electron chi connectivity index (χ1n) is 6.71. The second-order valence-corrected chi connectivity index (χ2v) is 5.24. The third-order valence-corrected chi connectivity index (χ3v) is 3.60. The van der Waals surface area contributed by atoms with Crippen molar-refractivity contribution in [2.75, 3.05) is 13.6 Å².